The van der Waals surface area contributed by atoms with E-state index in [4.69, 9.17) is 20.0 Å². The third-order valence-corrected chi connectivity index (χ3v) is 14.8. The summed E-state index contributed by atoms with van der Waals surface area (Å²) < 4.78 is 8.78. The van der Waals surface area contributed by atoms with E-state index in [9.17, 15) is 24.4 Å². The van der Waals surface area contributed by atoms with Gasteiger partial charge in [-0.25, -0.2) is 10.7 Å². The number of carbonyl (C=O) groups is 4. The highest BCUT2D eigenvalue weighted by Gasteiger charge is 2.23. The highest BCUT2D eigenvalue weighted by molar-refractivity contribution is 9.09. The number of benzene rings is 8. The summed E-state index contributed by atoms with van der Waals surface area (Å²) in [5.74, 6) is 2.60. The topological polar surface area (TPSA) is 229 Å². The Bertz CT molecular complexity index is 3350. The molecule has 88 heavy (non-hydrogen) atoms. The molecular formula is C71H76BrClN4O11. The number of hydrogen-bond donors (Lipinski definition) is 4. The Morgan fingerprint density at radius 2 is 0.659 bits per heavy atom. The van der Waals surface area contributed by atoms with Crippen molar-refractivity contribution in [1.82, 2.24) is 0 Å². The number of aliphatic hydroxyl groups is 1. The number of esters is 2. The molecule has 0 bridgehead atoms. The summed E-state index contributed by atoms with van der Waals surface area (Å²) in [4.78, 5) is 55.0. The second-order valence-corrected chi connectivity index (χ2v) is 20.0. The minimum absolute atomic E-state index is 0. The van der Waals surface area contributed by atoms with E-state index < -0.39 is 12.6 Å². The van der Waals surface area contributed by atoms with Crippen LogP contribution in [-0.4, -0.2) is 95.5 Å². The molecule has 0 saturated heterocycles. The number of aliphatic hydroxyl groups excluding tert-OH is 1. The molecule has 460 valence electrons. The van der Waals surface area contributed by atoms with Crippen LogP contribution in [0.15, 0.2) is 210 Å². The Balaban J connectivity index is 0.000000240. The van der Waals surface area contributed by atoms with Gasteiger partial charge in [0.05, 0.1) is 14.2 Å². The van der Waals surface area contributed by atoms with Gasteiger partial charge in [-0.2, -0.15) is 0 Å². The normalized spacial score (nSPS) is 12.1. The lowest BCUT2D eigenvalue weighted by molar-refractivity contribution is -0.145. The van der Waals surface area contributed by atoms with Gasteiger partial charge in [0, 0.05) is 44.5 Å². The lowest BCUT2D eigenvalue weighted by Crippen LogP contribution is -2.13. The van der Waals surface area contributed by atoms with Gasteiger partial charge >= 0.3 is 11.9 Å². The third-order valence-electron chi connectivity index (χ3n) is 14.4. The van der Waals surface area contributed by atoms with E-state index >= 15 is 0 Å². The number of ether oxygens (including phenoxy) is 2. The fraction of sp³-hybridized carbons (Fsp3) is 0.225. The van der Waals surface area contributed by atoms with Gasteiger partial charge in [-0.1, -0.05) is 240 Å². The van der Waals surface area contributed by atoms with Crippen LogP contribution in [0.25, 0.3) is 0 Å². The number of oxime groups is 3. The predicted molar refractivity (Wildman–Crippen MR) is 352 cm³/mol. The highest BCUT2D eigenvalue weighted by Crippen LogP contribution is 2.29. The van der Waals surface area contributed by atoms with Crippen molar-refractivity contribution in [2.75, 3.05) is 39.4 Å². The largest absolute Gasteiger partial charge is 0.468 e. The van der Waals surface area contributed by atoms with Gasteiger partial charge in [0.1, 0.15) is 29.1 Å². The molecule has 0 unspecified atom stereocenters. The first-order chi connectivity index (χ1) is 41.7. The lowest BCUT2D eigenvalue weighted by Gasteiger charge is -2.09. The maximum Gasteiger partial charge on any atom is 0.346 e. The number of ketones is 2. The number of carbonyl (C=O) groups excluding carboxylic acids is 4. The van der Waals surface area contributed by atoms with Crippen LogP contribution in [0.2, 0.25) is 0 Å². The van der Waals surface area contributed by atoms with Crippen LogP contribution in [0.1, 0.15) is 109 Å². The molecule has 5 N–H and O–H groups in total. The van der Waals surface area contributed by atoms with Crippen molar-refractivity contribution in [3.8, 4) is 0 Å². The van der Waals surface area contributed by atoms with Crippen LogP contribution in [0.3, 0.4) is 0 Å². The highest BCUT2D eigenvalue weighted by atomic mass is 79.9. The fourth-order valence-electron chi connectivity index (χ4n) is 10.2. The van der Waals surface area contributed by atoms with E-state index in [1.54, 1.807) is 0 Å². The van der Waals surface area contributed by atoms with Gasteiger partial charge in [0.15, 0.2) is 18.2 Å². The summed E-state index contributed by atoms with van der Waals surface area (Å²) in [5, 5.41) is 36.8. The molecule has 0 atom stereocenters. The molecule has 12 rings (SSSR count). The summed E-state index contributed by atoms with van der Waals surface area (Å²) in [5.41, 5.74) is 19.9. The number of alkyl halides is 1. The number of methoxy groups -OCH3 is 2. The monoisotopic (exact) mass is 1270 g/mol. The second-order valence-electron chi connectivity index (χ2n) is 19.4. The van der Waals surface area contributed by atoms with Crippen molar-refractivity contribution in [2.45, 2.75) is 66.2 Å². The molecule has 8 aromatic carbocycles. The van der Waals surface area contributed by atoms with Crippen LogP contribution in [0.4, 0.5) is 0 Å². The van der Waals surface area contributed by atoms with E-state index in [0.717, 1.165) is 107 Å². The standard InChI is InChI=1S/2C18H17NO3.C15H13NO.C15H12O.C3H5BrO2.2CH4.ClH.H3NO/c1-21-17(20)12-22-19-18-15-8-4-2-6-13(15)10-11-14-7-3-5-9-16(14)18;20-11-15(21)12-22-19-18-16-7-3-1-5-13(16)9-10-14-6-2-4-8-17(14)18;17-16-15-13-7-3-1-5-11(13)9-10-12-6-2-4-8-14(12)15;16-15-13-7-3-1-5-11(13)9-10-12-6-2-4-8-14(12)15;1-6-3(5)2-4;;;;1-2/h2-9H,10-12H2,1H3;1-8,20H,9-12H2;1-8,17H,9-10H2;1-8H,9-10H2;2H2,1H3;2*1H4;1H;2H,1H2. The molecule has 8 aromatic rings. The van der Waals surface area contributed by atoms with Crippen molar-refractivity contribution >= 4 is 69.0 Å². The summed E-state index contributed by atoms with van der Waals surface area (Å²) in [6.07, 6.45) is 7.71. The third kappa shape index (κ3) is 19.0. The molecular weight excluding hydrogens is 1200 g/mol. The zero-order valence-electron chi connectivity index (χ0n) is 47.8. The number of aryl methyl sites for hydroxylation is 8. The minimum atomic E-state index is -0.530. The summed E-state index contributed by atoms with van der Waals surface area (Å²) in [6, 6.07) is 64.7. The number of nitrogens with zero attached hydrogens (tertiary/aromatic N) is 3. The smallest absolute Gasteiger partial charge is 0.346 e. The maximum atomic E-state index is 12.3. The van der Waals surface area contributed by atoms with Gasteiger partial charge in [0.2, 0.25) is 6.61 Å². The zero-order chi connectivity index (χ0) is 60.3. The van der Waals surface area contributed by atoms with E-state index in [0.29, 0.717) is 5.71 Å². The average Bonchev–Trinajstić information content (AvgIpc) is 3.40. The molecule has 4 aliphatic rings. The molecule has 4 aliphatic carbocycles. The lowest BCUT2D eigenvalue weighted by atomic mass is 9.98. The summed E-state index contributed by atoms with van der Waals surface area (Å²) >= 11 is 2.90. The van der Waals surface area contributed by atoms with Crippen LogP contribution >= 0.6 is 28.3 Å². The molecule has 0 aromatic heterocycles. The molecule has 17 heteroatoms. The van der Waals surface area contributed by atoms with E-state index in [1.807, 2.05) is 146 Å². The van der Waals surface area contributed by atoms with E-state index in [1.165, 1.54) is 58.7 Å². The Labute approximate surface area is 530 Å². The van der Waals surface area contributed by atoms with Crippen molar-refractivity contribution in [2.24, 2.45) is 21.4 Å². The van der Waals surface area contributed by atoms with Crippen LogP contribution in [0, 0.1) is 0 Å². The molecule has 0 heterocycles. The van der Waals surface area contributed by atoms with Crippen molar-refractivity contribution in [3.05, 3.63) is 283 Å². The molecule has 0 fully saturated rings. The maximum absolute atomic E-state index is 12.3. The first-order valence-corrected chi connectivity index (χ1v) is 28.7. The fourth-order valence-corrected chi connectivity index (χ4v) is 10.4. The van der Waals surface area contributed by atoms with E-state index in [2.05, 4.69) is 95.3 Å². The van der Waals surface area contributed by atoms with Crippen molar-refractivity contribution < 1.29 is 53.8 Å². The Hall–Kier alpha value is -8.90. The Morgan fingerprint density at radius 3 is 0.898 bits per heavy atom. The number of fused-ring (bicyclic) bond motifs is 8. The average molecular weight is 1280 g/mol. The first-order valence-electron chi connectivity index (χ1n) is 27.6. The first kappa shape index (κ1) is 71.6. The zero-order valence-corrected chi connectivity index (χ0v) is 50.2. The SMILES string of the molecule is C.C.COC(=O)CBr.COC(=O)CON=C1c2ccccc2CCc2ccccc21.Cl.NO.O=C(CO)CON=C1c2ccccc2CCc2ccccc21.O=C1c2ccccc2CCc2ccccc21.ON=C1c2ccccc2CCc2ccccc21. The van der Waals surface area contributed by atoms with Gasteiger partial charge in [-0.15, -0.1) is 12.4 Å². The van der Waals surface area contributed by atoms with Gasteiger partial charge < -0.3 is 34.7 Å². The van der Waals surface area contributed by atoms with Gasteiger partial charge in [0.25, 0.3) is 0 Å². The number of nitrogens with two attached hydrogens (primary N) is 1. The quantitative estimate of drug-likeness (QED) is 0.0482. The van der Waals surface area contributed by atoms with Crippen molar-refractivity contribution in [1.29, 1.82) is 0 Å². The Morgan fingerprint density at radius 1 is 0.420 bits per heavy atom. The van der Waals surface area contributed by atoms with Crippen LogP contribution < -0.4 is 5.90 Å². The molecule has 0 radical (unpaired) electrons. The minimum Gasteiger partial charge on any atom is -0.468 e. The van der Waals surface area contributed by atoms with Crippen molar-refractivity contribution in [3.63, 3.8) is 0 Å². The number of rotatable bonds is 8. The molecule has 0 saturated carbocycles. The number of Topliss-reactive ketones (excluding diaryl/α,β-unsaturated/α-hetero) is 1. The molecule has 0 aliphatic heterocycles. The van der Waals surface area contributed by atoms with Crippen LogP contribution in [0.5, 0.6) is 0 Å². The Kier molecular flexibility index (Phi) is 30.6. The molecule has 0 spiro atoms. The van der Waals surface area contributed by atoms with Gasteiger partial charge in [-0.05, 0) is 95.9 Å². The van der Waals surface area contributed by atoms with Crippen LogP contribution in [-0.2, 0) is 84.9 Å². The second kappa shape index (κ2) is 37.6. The number of halogens is 2. The number of hydrogen-bond acceptors (Lipinski definition) is 15. The summed E-state index contributed by atoms with van der Waals surface area (Å²) in [7, 11) is 2.68. The summed E-state index contributed by atoms with van der Waals surface area (Å²) in [6.45, 7) is -0.938. The molecule has 0 amide bonds. The van der Waals surface area contributed by atoms with Gasteiger partial charge in [-0.3, -0.25) is 14.4 Å². The molecule has 15 nitrogen and oxygen atoms in total. The van der Waals surface area contributed by atoms with E-state index in [-0.39, 0.29) is 63.3 Å². The predicted octanol–water partition coefficient (Wildman–Crippen LogP) is 12.5.